The molecule has 0 bridgehead atoms. The quantitative estimate of drug-likeness (QED) is 0.777. The fourth-order valence-corrected chi connectivity index (χ4v) is 2.15. The molecule has 0 saturated carbocycles. The van der Waals surface area contributed by atoms with Crippen molar-refractivity contribution in [2.75, 3.05) is 13.4 Å². The molecule has 0 aliphatic heterocycles. The SMILES string of the molecule is CCc1cc(OC)c(CO)cc1SC. The zero-order chi connectivity index (χ0) is 10.6. The van der Waals surface area contributed by atoms with E-state index in [2.05, 4.69) is 6.92 Å². The number of hydrogen-bond donors (Lipinski definition) is 1. The Morgan fingerprint density at radius 1 is 1.36 bits per heavy atom. The van der Waals surface area contributed by atoms with Gasteiger partial charge in [0.05, 0.1) is 13.7 Å². The number of ether oxygens (including phenoxy) is 1. The summed E-state index contributed by atoms with van der Waals surface area (Å²) in [6.45, 7) is 2.15. The first-order valence-electron chi connectivity index (χ1n) is 4.61. The van der Waals surface area contributed by atoms with Crippen molar-refractivity contribution in [2.24, 2.45) is 0 Å². The second kappa shape index (κ2) is 5.27. The van der Waals surface area contributed by atoms with Crippen molar-refractivity contribution >= 4 is 11.8 Å². The van der Waals surface area contributed by atoms with E-state index in [0.29, 0.717) is 0 Å². The fraction of sp³-hybridized carbons (Fsp3) is 0.455. The minimum atomic E-state index is 0.0285. The van der Waals surface area contributed by atoms with E-state index in [-0.39, 0.29) is 6.61 Å². The third kappa shape index (κ3) is 2.22. The number of benzene rings is 1. The summed E-state index contributed by atoms with van der Waals surface area (Å²) in [6.07, 6.45) is 3.03. The maximum Gasteiger partial charge on any atom is 0.124 e. The van der Waals surface area contributed by atoms with Crippen LogP contribution in [0.25, 0.3) is 0 Å². The molecule has 0 atom stereocenters. The van der Waals surface area contributed by atoms with Gasteiger partial charge in [0.15, 0.2) is 0 Å². The molecule has 0 aromatic heterocycles. The summed E-state index contributed by atoms with van der Waals surface area (Å²) in [7, 11) is 1.63. The van der Waals surface area contributed by atoms with Gasteiger partial charge in [-0.15, -0.1) is 11.8 Å². The summed E-state index contributed by atoms with van der Waals surface area (Å²) < 4.78 is 5.21. The van der Waals surface area contributed by atoms with E-state index in [1.54, 1.807) is 18.9 Å². The third-order valence-corrected chi connectivity index (χ3v) is 3.05. The van der Waals surface area contributed by atoms with Crippen LogP contribution in [-0.2, 0) is 13.0 Å². The smallest absolute Gasteiger partial charge is 0.124 e. The lowest BCUT2D eigenvalue weighted by Crippen LogP contribution is -1.95. The highest BCUT2D eigenvalue weighted by molar-refractivity contribution is 7.98. The molecule has 1 aromatic carbocycles. The first kappa shape index (κ1) is 11.4. The van der Waals surface area contributed by atoms with Crippen molar-refractivity contribution < 1.29 is 9.84 Å². The van der Waals surface area contributed by atoms with Crippen LogP contribution in [0, 0.1) is 0 Å². The second-order valence-electron chi connectivity index (χ2n) is 2.99. The summed E-state index contributed by atoms with van der Waals surface area (Å²) in [4.78, 5) is 1.22. The standard InChI is InChI=1S/C11H16O2S/c1-4-8-5-10(13-2)9(7-12)6-11(8)14-3/h5-6,12H,4,7H2,1-3H3. The van der Waals surface area contributed by atoms with Crippen LogP contribution in [0.5, 0.6) is 5.75 Å². The molecule has 1 rings (SSSR count). The molecule has 3 heteroatoms. The molecular formula is C11H16O2S. The van der Waals surface area contributed by atoms with Crippen molar-refractivity contribution in [3.63, 3.8) is 0 Å². The molecule has 0 fully saturated rings. The summed E-state index contributed by atoms with van der Waals surface area (Å²) in [5, 5.41) is 9.14. The Bertz CT molecular complexity index is 252. The van der Waals surface area contributed by atoms with Crippen molar-refractivity contribution in [3.8, 4) is 5.75 Å². The average molecular weight is 212 g/mol. The summed E-state index contributed by atoms with van der Waals surface area (Å²) in [6, 6.07) is 4.01. The van der Waals surface area contributed by atoms with Gasteiger partial charge in [0, 0.05) is 10.5 Å². The van der Waals surface area contributed by atoms with Crippen LogP contribution >= 0.6 is 11.8 Å². The highest BCUT2D eigenvalue weighted by Crippen LogP contribution is 2.29. The van der Waals surface area contributed by atoms with Crippen LogP contribution in [0.3, 0.4) is 0 Å². The lowest BCUT2D eigenvalue weighted by Gasteiger charge is -2.12. The predicted molar refractivity (Wildman–Crippen MR) is 60.1 cm³/mol. The van der Waals surface area contributed by atoms with E-state index in [9.17, 15) is 0 Å². The highest BCUT2D eigenvalue weighted by atomic mass is 32.2. The number of methoxy groups -OCH3 is 1. The maximum absolute atomic E-state index is 9.14. The minimum absolute atomic E-state index is 0.0285. The maximum atomic E-state index is 9.14. The Labute approximate surface area is 89.3 Å². The molecule has 78 valence electrons. The molecule has 0 spiro atoms. The zero-order valence-corrected chi connectivity index (χ0v) is 9.65. The molecule has 1 N–H and O–H groups in total. The van der Waals surface area contributed by atoms with Gasteiger partial charge >= 0.3 is 0 Å². The molecule has 0 aliphatic carbocycles. The summed E-state index contributed by atoms with van der Waals surface area (Å²) in [5.41, 5.74) is 2.13. The van der Waals surface area contributed by atoms with Gasteiger partial charge in [0.2, 0.25) is 0 Å². The van der Waals surface area contributed by atoms with Gasteiger partial charge in [-0.05, 0) is 30.4 Å². The van der Waals surface area contributed by atoms with Crippen molar-refractivity contribution in [3.05, 3.63) is 23.3 Å². The van der Waals surface area contributed by atoms with Gasteiger partial charge in [-0.2, -0.15) is 0 Å². The first-order valence-corrected chi connectivity index (χ1v) is 5.83. The van der Waals surface area contributed by atoms with E-state index >= 15 is 0 Å². The van der Waals surface area contributed by atoms with Crippen molar-refractivity contribution in [1.29, 1.82) is 0 Å². The largest absolute Gasteiger partial charge is 0.496 e. The van der Waals surface area contributed by atoms with Gasteiger partial charge in [-0.1, -0.05) is 6.92 Å². The molecule has 0 unspecified atom stereocenters. The van der Waals surface area contributed by atoms with Crippen LogP contribution in [0.1, 0.15) is 18.1 Å². The van der Waals surface area contributed by atoms with E-state index in [1.165, 1.54) is 10.5 Å². The molecule has 1 aromatic rings. The van der Waals surface area contributed by atoms with E-state index < -0.39 is 0 Å². The van der Waals surface area contributed by atoms with E-state index in [0.717, 1.165) is 17.7 Å². The average Bonchev–Trinajstić information content (AvgIpc) is 2.26. The van der Waals surface area contributed by atoms with Crippen LogP contribution in [0.2, 0.25) is 0 Å². The fourth-order valence-electron chi connectivity index (χ4n) is 1.42. The van der Waals surface area contributed by atoms with Gasteiger partial charge < -0.3 is 9.84 Å². The Balaban J connectivity index is 3.20. The van der Waals surface area contributed by atoms with E-state index in [1.807, 2.05) is 18.4 Å². The number of rotatable bonds is 4. The van der Waals surface area contributed by atoms with Crippen LogP contribution in [0.15, 0.2) is 17.0 Å². The highest BCUT2D eigenvalue weighted by Gasteiger charge is 2.07. The van der Waals surface area contributed by atoms with Gasteiger partial charge in [-0.3, -0.25) is 0 Å². The lowest BCUT2D eigenvalue weighted by molar-refractivity contribution is 0.273. The second-order valence-corrected chi connectivity index (χ2v) is 3.84. The molecule has 0 radical (unpaired) electrons. The third-order valence-electron chi connectivity index (χ3n) is 2.23. The number of aliphatic hydroxyl groups excluding tert-OH is 1. The molecular weight excluding hydrogens is 196 g/mol. The number of hydrogen-bond acceptors (Lipinski definition) is 3. The predicted octanol–water partition coefficient (Wildman–Crippen LogP) is 2.47. The summed E-state index contributed by atoms with van der Waals surface area (Å²) >= 11 is 1.70. The van der Waals surface area contributed by atoms with Gasteiger partial charge in [-0.25, -0.2) is 0 Å². The minimum Gasteiger partial charge on any atom is -0.496 e. The normalized spacial score (nSPS) is 10.3. The molecule has 0 saturated heterocycles. The first-order chi connectivity index (χ1) is 6.76. The Hall–Kier alpha value is -0.670. The lowest BCUT2D eigenvalue weighted by atomic mass is 10.1. The number of thioether (sulfide) groups is 1. The van der Waals surface area contributed by atoms with Gasteiger partial charge in [0.25, 0.3) is 0 Å². The van der Waals surface area contributed by atoms with Crippen LogP contribution < -0.4 is 4.74 Å². The molecule has 0 amide bonds. The molecule has 2 nitrogen and oxygen atoms in total. The Kier molecular flexibility index (Phi) is 4.29. The van der Waals surface area contributed by atoms with Crippen LogP contribution in [0.4, 0.5) is 0 Å². The Morgan fingerprint density at radius 3 is 2.50 bits per heavy atom. The molecule has 14 heavy (non-hydrogen) atoms. The van der Waals surface area contributed by atoms with Gasteiger partial charge in [0.1, 0.15) is 5.75 Å². The zero-order valence-electron chi connectivity index (χ0n) is 8.83. The Morgan fingerprint density at radius 2 is 2.07 bits per heavy atom. The molecule has 0 heterocycles. The number of aliphatic hydroxyl groups is 1. The van der Waals surface area contributed by atoms with Crippen LogP contribution in [-0.4, -0.2) is 18.5 Å². The van der Waals surface area contributed by atoms with Crippen molar-refractivity contribution in [2.45, 2.75) is 24.8 Å². The summed E-state index contributed by atoms with van der Waals surface area (Å²) in [5.74, 6) is 0.780. The van der Waals surface area contributed by atoms with Crippen molar-refractivity contribution in [1.82, 2.24) is 0 Å². The number of aryl methyl sites for hydroxylation is 1. The topological polar surface area (TPSA) is 29.5 Å². The molecule has 0 aliphatic rings. The monoisotopic (exact) mass is 212 g/mol. The van der Waals surface area contributed by atoms with E-state index in [4.69, 9.17) is 9.84 Å².